The van der Waals surface area contributed by atoms with Crippen molar-refractivity contribution in [3.8, 4) is 22.6 Å². The summed E-state index contributed by atoms with van der Waals surface area (Å²) in [5.74, 6) is -1.06. The molecule has 7 heterocycles. The molecule has 0 aromatic heterocycles. The Balaban J connectivity index is 0.000000141. The second kappa shape index (κ2) is 21.1. The molecule has 11 rings (SSSR count). The molecule has 73 heavy (non-hydrogen) atoms. The lowest BCUT2D eigenvalue weighted by atomic mass is 9.75. The van der Waals surface area contributed by atoms with Gasteiger partial charge in [-0.1, -0.05) is 48.0 Å². The predicted octanol–water partition coefficient (Wildman–Crippen LogP) is 8.76. The number of guanidine groups is 2. The third-order valence-electron chi connectivity index (χ3n) is 13.7. The minimum Gasteiger partial charge on any atom is -0.489 e. The molecule has 4 aromatic rings. The number of nitrogens with two attached hydrogens (primary N) is 2. The van der Waals surface area contributed by atoms with E-state index in [4.69, 9.17) is 62.5 Å². The Labute approximate surface area is 429 Å². The van der Waals surface area contributed by atoms with Crippen molar-refractivity contribution in [1.29, 1.82) is 0 Å². The van der Waals surface area contributed by atoms with Crippen molar-refractivity contribution in [3.05, 3.63) is 122 Å². The number of nitrogens with zero attached hydrogens (tertiary/aromatic N) is 6. The van der Waals surface area contributed by atoms with Gasteiger partial charge in [0.05, 0.1) is 37.5 Å². The molecule has 0 radical (unpaired) electrons. The van der Waals surface area contributed by atoms with Crippen LogP contribution in [0.2, 0.25) is 0 Å². The number of hydroxylamine groups is 4. The van der Waals surface area contributed by atoms with Crippen LogP contribution < -0.4 is 26.4 Å². The molecule has 3 saturated heterocycles. The number of halogens is 5. The molecule has 6 atom stereocenters. The van der Waals surface area contributed by atoms with Crippen molar-refractivity contribution in [3.63, 3.8) is 0 Å². The second-order valence-electron chi connectivity index (χ2n) is 19.6. The third kappa shape index (κ3) is 10.6. The van der Waals surface area contributed by atoms with Gasteiger partial charge >= 0.3 is 7.12 Å². The Kier molecular flexibility index (Phi) is 15.0. The van der Waals surface area contributed by atoms with Crippen molar-refractivity contribution in [1.82, 2.24) is 10.1 Å². The van der Waals surface area contributed by atoms with Crippen molar-refractivity contribution >= 4 is 51.8 Å². The Morgan fingerprint density at radius 3 is 1.70 bits per heavy atom. The minimum atomic E-state index is -1.12. The van der Waals surface area contributed by atoms with Crippen LogP contribution >= 0.6 is 15.9 Å². The molecule has 6 unspecified atom stereocenters. The fourth-order valence-electron chi connectivity index (χ4n) is 9.90. The van der Waals surface area contributed by atoms with Crippen molar-refractivity contribution in [2.45, 2.75) is 76.0 Å². The summed E-state index contributed by atoms with van der Waals surface area (Å²) in [5.41, 5.74) is 10.9. The Morgan fingerprint density at radius 2 is 1.21 bits per heavy atom. The molecule has 0 aliphatic carbocycles. The highest BCUT2D eigenvalue weighted by Crippen LogP contribution is 2.51. The molecule has 4 N–H and O–H groups in total. The molecular weight excluding hydrogens is 1020 g/mol. The van der Waals surface area contributed by atoms with E-state index >= 15 is 0 Å². The van der Waals surface area contributed by atoms with E-state index < -0.39 is 53.2 Å². The van der Waals surface area contributed by atoms with E-state index in [0.717, 1.165) is 73.4 Å². The highest BCUT2D eigenvalue weighted by molar-refractivity contribution is 9.10. The summed E-state index contributed by atoms with van der Waals surface area (Å²) < 4.78 is 91.4. The van der Waals surface area contributed by atoms with Gasteiger partial charge in [-0.3, -0.25) is 0 Å². The number of ether oxygens (including phenoxy) is 4. The molecule has 3 fully saturated rings. The largest absolute Gasteiger partial charge is 0.495 e. The van der Waals surface area contributed by atoms with Gasteiger partial charge in [0.15, 0.2) is 0 Å². The van der Waals surface area contributed by atoms with Gasteiger partial charge in [0, 0.05) is 86.1 Å². The Bertz CT molecular complexity index is 2890. The van der Waals surface area contributed by atoms with Crippen LogP contribution in [0.4, 0.5) is 28.9 Å². The minimum absolute atomic E-state index is 0.00651. The first kappa shape index (κ1) is 51.9. The Morgan fingerprint density at radius 1 is 0.699 bits per heavy atom. The molecule has 7 aliphatic rings. The van der Waals surface area contributed by atoms with E-state index in [2.05, 4.69) is 35.6 Å². The molecule has 16 nitrogen and oxygen atoms in total. The molecule has 384 valence electrons. The van der Waals surface area contributed by atoms with E-state index in [0.29, 0.717) is 61.4 Å². The zero-order valence-corrected chi connectivity index (χ0v) is 42.2. The maximum Gasteiger partial charge on any atom is 0.495 e. The molecule has 4 aromatic carbocycles. The van der Waals surface area contributed by atoms with Crippen LogP contribution in [-0.4, -0.2) is 95.1 Å². The number of hydrogen-bond acceptors (Lipinski definition) is 14. The highest BCUT2D eigenvalue weighted by Gasteiger charge is 2.52. The van der Waals surface area contributed by atoms with Gasteiger partial charge < -0.3 is 39.7 Å². The fraction of sp³-hybridized carbons (Fsp3) is 0.451. The molecule has 7 aliphatic heterocycles. The number of hydrogen-bond donors (Lipinski definition) is 2. The first-order valence-electron chi connectivity index (χ1n) is 23.9. The zero-order valence-electron chi connectivity index (χ0n) is 40.6. The van der Waals surface area contributed by atoms with Crippen LogP contribution in [0, 0.1) is 53.7 Å². The van der Waals surface area contributed by atoms with E-state index in [1.807, 2.05) is 32.0 Å². The van der Waals surface area contributed by atoms with Crippen molar-refractivity contribution in [2.24, 2.45) is 38.7 Å². The Hall–Kier alpha value is -5.98. The quantitative estimate of drug-likeness (QED) is 0.114. The SMILES string of the molecule is CN1OC2(CC(C3CCCOC3)Oc3ccc(Br)cc32)N=C1N.[C-]#[N+]c1c(F)ccc(-c2ccc3c(c2)C2(CC(C4CCCOC4)O3)N=C(N)N(C)O2)c1F.[C-]#[N+]c1c(F)ccc(B2OCC(C)(C)CO2)c1F. The van der Waals surface area contributed by atoms with Gasteiger partial charge in [-0.05, 0) is 73.7 Å². The van der Waals surface area contributed by atoms with E-state index in [1.165, 1.54) is 22.3 Å². The number of benzene rings is 4. The zero-order chi connectivity index (χ0) is 51.8. The maximum absolute atomic E-state index is 14.9. The second-order valence-corrected chi connectivity index (χ2v) is 20.5. The topological polar surface area (TPSA) is 166 Å². The number of rotatable bonds is 4. The summed E-state index contributed by atoms with van der Waals surface area (Å²) in [6.45, 7) is 21.5. The van der Waals surface area contributed by atoms with Gasteiger partial charge in [-0.15, -0.1) is 0 Å². The van der Waals surface area contributed by atoms with Gasteiger partial charge in [0.1, 0.15) is 47.0 Å². The smallest absolute Gasteiger partial charge is 0.489 e. The standard InChI is InChI=1S/C23H22F2N4O3.C16H20BrN3O3.C12H12BF2NO2/c1-27-21-17(24)7-6-15(20(21)25)13-5-8-18-16(10-13)23(28-22(26)29(2)32-23)11-19(31-18)14-4-3-9-30-12-14;1-20-15(18)19-16(23-20)8-14(10-3-2-6-21-9-10)22-13-5-4-11(17)7-12(13)16;1-12(2)6-17-13(18-7-12)8-4-5-9(14)11(16-3)10(8)15/h5-8,10,14,19H,3-4,9,11-12H2,2H3,(H2,26,28);4-5,7,10,14H,2-3,6,8-9H2,1H3,(H2,18,19);4-5H,6-7H2,1-2H3. The monoisotopic (exact) mass is 1070 g/mol. The summed E-state index contributed by atoms with van der Waals surface area (Å²) in [6, 6.07) is 15.8. The first-order valence-corrected chi connectivity index (χ1v) is 24.7. The first-order chi connectivity index (χ1) is 34.9. The van der Waals surface area contributed by atoms with Crippen LogP contribution in [0.5, 0.6) is 11.5 Å². The van der Waals surface area contributed by atoms with E-state index in [1.54, 1.807) is 32.3 Å². The average Bonchev–Trinajstić information content (AvgIpc) is 3.83. The van der Waals surface area contributed by atoms with Gasteiger partial charge in [-0.2, -0.15) is 0 Å². The lowest BCUT2D eigenvalue weighted by Crippen LogP contribution is -2.48. The normalized spacial score (nSPS) is 26.9. The molecule has 2 spiro atoms. The number of fused-ring (bicyclic) bond motifs is 4. The van der Waals surface area contributed by atoms with Crippen LogP contribution in [-0.2, 0) is 39.9 Å². The van der Waals surface area contributed by atoms with Gasteiger partial charge in [-0.25, -0.2) is 57.0 Å². The summed E-state index contributed by atoms with van der Waals surface area (Å²) in [7, 11) is 2.57. The van der Waals surface area contributed by atoms with Crippen LogP contribution in [0.3, 0.4) is 0 Å². The lowest BCUT2D eigenvalue weighted by Gasteiger charge is -2.41. The summed E-state index contributed by atoms with van der Waals surface area (Å²) in [5, 5.41) is 2.94. The molecular formula is C51H54BBrF4N8O8. The molecule has 0 bridgehead atoms. The van der Waals surface area contributed by atoms with Crippen LogP contribution in [0.25, 0.3) is 20.8 Å². The number of aliphatic imine (C=N–C) groups is 2. The van der Waals surface area contributed by atoms with Crippen molar-refractivity contribution in [2.75, 3.05) is 53.7 Å². The molecule has 0 saturated carbocycles. The van der Waals surface area contributed by atoms with Gasteiger partial charge in [0.2, 0.25) is 23.4 Å². The van der Waals surface area contributed by atoms with Crippen LogP contribution in [0.1, 0.15) is 63.5 Å². The average molecular weight is 1070 g/mol. The van der Waals surface area contributed by atoms with E-state index in [-0.39, 0.29) is 40.5 Å². The maximum atomic E-state index is 14.9. The third-order valence-corrected chi connectivity index (χ3v) is 14.2. The fourth-order valence-corrected chi connectivity index (χ4v) is 10.3. The summed E-state index contributed by atoms with van der Waals surface area (Å²) >= 11 is 3.52. The summed E-state index contributed by atoms with van der Waals surface area (Å²) in [6.07, 6.45) is 4.97. The van der Waals surface area contributed by atoms with Crippen LogP contribution in [0.15, 0.2) is 75.1 Å². The highest BCUT2D eigenvalue weighted by atomic mass is 79.9. The lowest BCUT2D eigenvalue weighted by molar-refractivity contribution is -0.197. The summed E-state index contributed by atoms with van der Waals surface area (Å²) in [4.78, 5) is 27.3. The van der Waals surface area contributed by atoms with E-state index in [9.17, 15) is 17.6 Å². The van der Waals surface area contributed by atoms with Gasteiger partial charge in [0.25, 0.3) is 11.4 Å². The molecule has 22 heteroatoms. The molecule has 0 amide bonds. The van der Waals surface area contributed by atoms with Crippen molar-refractivity contribution < 1.29 is 55.5 Å². The predicted molar refractivity (Wildman–Crippen MR) is 265 cm³/mol.